The Hall–Kier alpha value is -0.770. The van der Waals surface area contributed by atoms with Crippen LogP contribution in [0.4, 0.5) is 4.79 Å². The van der Waals surface area contributed by atoms with E-state index in [0.29, 0.717) is 6.04 Å². The Morgan fingerprint density at radius 1 is 1.38 bits per heavy atom. The van der Waals surface area contributed by atoms with Crippen LogP contribution in [0.5, 0.6) is 0 Å². The molecule has 1 N–H and O–H groups in total. The highest BCUT2D eigenvalue weighted by Crippen LogP contribution is 2.15. The Labute approximate surface area is 98.3 Å². The van der Waals surface area contributed by atoms with Crippen LogP contribution in [-0.4, -0.2) is 42.3 Å². The summed E-state index contributed by atoms with van der Waals surface area (Å²) in [5, 5.41) is 2.92. The summed E-state index contributed by atoms with van der Waals surface area (Å²) < 4.78 is 5.23. The molecule has 1 saturated heterocycles. The molecule has 0 aromatic heterocycles. The van der Waals surface area contributed by atoms with Gasteiger partial charge in [-0.25, -0.2) is 4.79 Å². The van der Waals surface area contributed by atoms with E-state index in [1.807, 2.05) is 20.8 Å². The number of likely N-dealkylation sites (N-methyl/N-ethyl adjacent to an activating group) is 1. The third-order valence-corrected chi connectivity index (χ3v) is 2.91. The standard InChI is InChI=1S/C12H24N2O2/c1-9-6-7-10(8-14(9)5)13-11(15)16-12(2,3)4/h9-10H,6-8H2,1-5H3,(H,13,15)/t9-,10-/m0/s1. The number of ether oxygens (including phenoxy) is 1. The average Bonchev–Trinajstić information content (AvgIpc) is 2.08. The first-order valence-corrected chi connectivity index (χ1v) is 5.97. The number of alkyl carbamates (subject to hydrolysis) is 1. The maximum Gasteiger partial charge on any atom is 0.407 e. The Kier molecular flexibility index (Phi) is 4.19. The molecule has 4 nitrogen and oxygen atoms in total. The van der Waals surface area contributed by atoms with Gasteiger partial charge in [0.05, 0.1) is 0 Å². The second kappa shape index (κ2) is 5.04. The summed E-state index contributed by atoms with van der Waals surface area (Å²) in [6.07, 6.45) is 1.85. The number of rotatable bonds is 1. The lowest BCUT2D eigenvalue weighted by Crippen LogP contribution is -2.50. The third kappa shape index (κ3) is 4.39. The Bertz CT molecular complexity index is 248. The molecule has 1 fully saturated rings. The summed E-state index contributed by atoms with van der Waals surface area (Å²) in [6.45, 7) is 8.75. The fourth-order valence-corrected chi connectivity index (χ4v) is 1.87. The first-order valence-electron chi connectivity index (χ1n) is 5.97. The summed E-state index contributed by atoms with van der Waals surface area (Å²) >= 11 is 0. The van der Waals surface area contributed by atoms with E-state index < -0.39 is 5.60 Å². The summed E-state index contributed by atoms with van der Waals surface area (Å²) in [6, 6.07) is 0.827. The molecule has 0 aliphatic carbocycles. The number of amides is 1. The van der Waals surface area contributed by atoms with Gasteiger partial charge in [-0.1, -0.05) is 0 Å². The van der Waals surface area contributed by atoms with Gasteiger partial charge >= 0.3 is 6.09 Å². The third-order valence-electron chi connectivity index (χ3n) is 2.91. The predicted molar refractivity (Wildman–Crippen MR) is 64.5 cm³/mol. The molecule has 4 heteroatoms. The molecule has 16 heavy (non-hydrogen) atoms. The Morgan fingerprint density at radius 2 is 2.00 bits per heavy atom. The maximum atomic E-state index is 11.6. The molecule has 1 aliphatic heterocycles. The van der Waals surface area contributed by atoms with Crippen LogP contribution in [0.3, 0.4) is 0 Å². The van der Waals surface area contributed by atoms with Gasteiger partial charge in [0.25, 0.3) is 0 Å². The number of nitrogens with one attached hydrogen (secondary N) is 1. The van der Waals surface area contributed by atoms with Crippen LogP contribution >= 0.6 is 0 Å². The number of nitrogens with zero attached hydrogens (tertiary/aromatic N) is 1. The predicted octanol–water partition coefficient (Wildman–Crippen LogP) is 1.99. The first-order chi connectivity index (χ1) is 7.28. The number of hydrogen-bond acceptors (Lipinski definition) is 3. The number of likely N-dealkylation sites (tertiary alicyclic amines) is 1. The highest BCUT2D eigenvalue weighted by atomic mass is 16.6. The van der Waals surface area contributed by atoms with Gasteiger partial charge in [-0.15, -0.1) is 0 Å². The summed E-state index contributed by atoms with van der Waals surface area (Å²) in [4.78, 5) is 13.8. The smallest absolute Gasteiger partial charge is 0.407 e. The van der Waals surface area contributed by atoms with Crippen LogP contribution in [0.15, 0.2) is 0 Å². The van der Waals surface area contributed by atoms with E-state index in [9.17, 15) is 4.79 Å². The molecular formula is C12H24N2O2. The van der Waals surface area contributed by atoms with Crippen molar-refractivity contribution < 1.29 is 9.53 Å². The van der Waals surface area contributed by atoms with Crippen molar-refractivity contribution in [2.45, 2.75) is 58.2 Å². The van der Waals surface area contributed by atoms with E-state index in [4.69, 9.17) is 4.74 Å². The van der Waals surface area contributed by atoms with Crippen molar-refractivity contribution >= 4 is 6.09 Å². The molecule has 1 amide bonds. The SMILES string of the molecule is C[C@H]1CC[C@H](NC(=O)OC(C)(C)C)CN1C. The summed E-state index contributed by atoms with van der Waals surface area (Å²) in [7, 11) is 2.09. The molecule has 2 atom stereocenters. The lowest BCUT2D eigenvalue weighted by Gasteiger charge is -2.35. The summed E-state index contributed by atoms with van der Waals surface area (Å²) in [5.41, 5.74) is -0.419. The average molecular weight is 228 g/mol. The van der Waals surface area contributed by atoms with Gasteiger partial charge in [0, 0.05) is 18.6 Å². The van der Waals surface area contributed by atoms with Gasteiger partial charge in [0.15, 0.2) is 0 Å². The van der Waals surface area contributed by atoms with Gasteiger partial charge in [0.2, 0.25) is 0 Å². The summed E-state index contributed by atoms with van der Waals surface area (Å²) in [5.74, 6) is 0. The molecule has 0 radical (unpaired) electrons. The number of piperidine rings is 1. The highest BCUT2D eigenvalue weighted by Gasteiger charge is 2.25. The van der Waals surface area contributed by atoms with Crippen molar-refractivity contribution in [2.75, 3.05) is 13.6 Å². The molecule has 1 heterocycles. The zero-order chi connectivity index (χ0) is 12.3. The quantitative estimate of drug-likeness (QED) is 0.746. The zero-order valence-electron chi connectivity index (χ0n) is 11.0. The highest BCUT2D eigenvalue weighted by molar-refractivity contribution is 5.68. The van der Waals surface area contributed by atoms with Crippen LogP contribution < -0.4 is 5.32 Å². The Morgan fingerprint density at radius 3 is 2.50 bits per heavy atom. The van der Waals surface area contributed by atoms with E-state index >= 15 is 0 Å². The largest absolute Gasteiger partial charge is 0.444 e. The van der Waals surface area contributed by atoms with Crippen LogP contribution in [0.2, 0.25) is 0 Å². The first kappa shape index (κ1) is 13.3. The van der Waals surface area contributed by atoms with Crippen molar-refractivity contribution in [1.29, 1.82) is 0 Å². The van der Waals surface area contributed by atoms with Crippen molar-refractivity contribution in [3.05, 3.63) is 0 Å². The van der Waals surface area contributed by atoms with Crippen molar-refractivity contribution in [1.82, 2.24) is 10.2 Å². The van der Waals surface area contributed by atoms with E-state index in [1.165, 1.54) is 0 Å². The molecule has 0 spiro atoms. The molecule has 94 valence electrons. The number of carbonyl (C=O) groups excluding carboxylic acids is 1. The minimum absolute atomic E-state index is 0.219. The number of carbonyl (C=O) groups is 1. The van der Waals surface area contributed by atoms with Crippen molar-refractivity contribution in [2.24, 2.45) is 0 Å². The van der Waals surface area contributed by atoms with Gasteiger partial charge < -0.3 is 15.0 Å². The second-order valence-corrected chi connectivity index (χ2v) is 5.71. The molecule has 0 unspecified atom stereocenters. The van der Waals surface area contributed by atoms with E-state index in [2.05, 4.69) is 24.2 Å². The molecule has 0 saturated carbocycles. The van der Waals surface area contributed by atoms with Crippen molar-refractivity contribution in [3.63, 3.8) is 0 Å². The maximum absolute atomic E-state index is 11.6. The van der Waals surface area contributed by atoms with Crippen molar-refractivity contribution in [3.8, 4) is 0 Å². The van der Waals surface area contributed by atoms with Crippen LogP contribution in [0.25, 0.3) is 0 Å². The van der Waals surface area contributed by atoms with Crippen LogP contribution in [0.1, 0.15) is 40.5 Å². The van der Waals surface area contributed by atoms with E-state index in [0.717, 1.165) is 19.4 Å². The fourth-order valence-electron chi connectivity index (χ4n) is 1.87. The monoisotopic (exact) mass is 228 g/mol. The van der Waals surface area contributed by atoms with Crippen LogP contribution in [-0.2, 0) is 4.74 Å². The molecule has 0 aromatic carbocycles. The van der Waals surface area contributed by atoms with Gasteiger partial charge in [-0.3, -0.25) is 0 Å². The van der Waals surface area contributed by atoms with Gasteiger partial charge in [0.1, 0.15) is 5.60 Å². The molecule has 1 rings (SSSR count). The van der Waals surface area contributed by atoms with Gasteiger partial charge in [-0.2, -0.15) is 0 Å². The molecule has 1 aliphatic rings. The fraction of sp³-hybridized carbons (Fsp3) is 0.917. The number of hydrogen-bond donors (Lipinski definition) is 1. The van der Waals surface area contributed by atoms with Crippen LogP contribution in [0, 0.1) is 0 Å². The molecule has 0 bridgehead atoms. The lowest BCUT2D eigenvalue weighted by atomic mass is 10.0. The normalized spacial score (nSPS) is 27.6. The van der Waals surface area contributed by atoms with Gasteiger partial charge in [-0.05, 0) is 47.6 Å². The van der Waals surface area contributed by atoms with E-state index in [1.54, 1.807) is 0 Å². The van der Waals surface area contributed by atoms with E-state index in [-0.39, 0.29) is 12.1 Å². The minimum atomic E-state index is -0.419. The Balaban J connectivity index is 2.35. The molecular weight excluding hydrogens is 204 g/mol. The lowest BCUT2D eigenvalue weighted by molar-refractivity contribution is 0.0463. The minimum Gasteiger partial charge on any atom is -0.444 e. The molecule has 0 aromatic rings. The zero-order valence-corrected chi connectivity index (χ0v) is 11.0. The topological polar surface area (TPSA) is 41.6 Å². The second-order valence-electron chi connectivity index (χ2n) is 5.71.